The third-order valence-corrected chi connectivity index (χ3v) is 4.83. The van der Waals surface area contributed by atoms with Gasteiger partial charge in [0.25, 0.3) is 0 Å². The summed E-state index contributed by atoms with van der Waals surface area (Å²) in [7, 11) is 3.49. The fourth-order valence-electron chi connectivity index (χ4n) is 1.41. The SMILES string of the molecule is Cc1cccc(C)c1SSc1ccccn1. The number of rotatable bonds is 3. The van der Waals surface area contributed by atoms with Crippen LogP contribution in [0.15, 0.2) is 52.5 Å². The lowest BCUT2D eigenvalue weighted by atomic mass is 10.2. The second kappa shape index (κ2) is 5.41. The fourth-order valence-corrected chi connectivity index (χ4v) is 3.81. The van der Waals surface area contributed by atoms with Crippen molar-refractivity contribution in [3.8, 4) is 0 Å². The lowest BCUT2D eigenvalue weighted by Crippen LogP contribution is -1.82. The Kier molecular flexibility index (Phi) is 3.91. The Labute approximate surface area is 104 Å². The Morgan fingerprint density at radius 1 is 0.875 bits per heavy atom. The van der Waals surface area contributed by atoms with Gasteiger partial charge in [-0.2, -0.15) is 0 Å². The Bertz CT molecular complexity index is 448. The first-order chi connectivity index (χ1) is 7.77. The molecule has 0 unspecified atom stereocenters. The van der Waals surface area contributed by atoms with Crippen LogP contribution in [0.2, 0.25) is 0 Å². The molecule has 2 rings (SSSR count). The molecule has 0 radical (unpaired) electrons. The predicted molar refractivity (Wildman–Crippen MR) is 71.9 cm³/mol. The first-order valence-electron chi connectivity index (χ1n) is 5.09. The molecule has 0 aliphatic rings. The molecule has 3 heteroatoms. The van der Waals surface area contributed by atoms with Gasteiger partial charge in [-0.25, -0.2) is 4.98 Å². The predicted octanol–water partition coefficient (Wildman–Crippen LogP) is 4.50. The van der Waals surface area contributed by atoms with Gasteiger partial charge in [0.05, 0.1) is 0 Å². The van der Waals surface area contributed by atoms with Crippen molar-refractivity contribution in [2.75, 3.05) is 0 Å². The van der Waals surface area contributed by atoms with Crippen LogP contribution in [0, 0.1) is 13.8 Å². The zero-order chi connectivity index (χ0) is 11.4. The van der Waals surface area contributed by atoms with Gasteiger partial charge in [-0.15, -0.1) is 0 Å². The molecule has 1 aromatic carbocycles. The summed E-state index contributed by atoms with van der Waals surface area (Å²) >= 11 is 0. The van der Waals surface area contributed by atoms with E-state index in [2.05, 4.69) is 37.0 Å². The molecular weight excluding hydrogens is 234 g/mol. The van der Waals surface area contributed by atoms with Crippen molar-refractivity contribution in [1.29, 1.82) is 0 Å². The standard InChI is InChI=1S/C13H13NS2/c1-10-6-5-7-11(2)13(10)16-15-12-8-3-4-9-14-12/h3-9H,1-2H3. The highest BCUT2D eigenvalue weighted by atomic mass is 33.1. The van der Waals surface area contributed by atoms with Crippen molar-refractivity contribution in [3.63, 3.8) is 0 Å². The Morgan fingerprint density at radius 3 is 2.25 bits per heavy atom. The van der Waals surface area contributed by atoms with Crippen molar-refractivity contribution in [3.05, 3.63) is 53.7 Å². The maximum Gasteiger partial charge on any atom is 0.107 e. The molecule has 0 atom stereocenters. The second-order valence-electron chi connectivity index (χ2n) is 3.56. The van der Waals surface area contributed by atoms with Crippen molar-refractivity contribution in [1.82, 2.24) is 4.98 Å². The summed E-state index contributed by atoms with van der Waals surface area (Å²) in [5.74, 6) is 0. The molecule has 1 aromatic heterocycles. The molecule has 0 fully saturated rings. The molecule has 0 amide bonds. The summed E-state index contributed by atoms with van der Waals surface area (Å²) in [4.78, 5) is 5.64. The van der Waals surface area contributed by atoms with Crippen LogP contribution in [-0.2, 0) is 0 Å². The van der Waals surface area contributed by atoms with E-state index in [9.17, 15) is 0 Å². The van der Waals surface area contributed by atoms with Crippen LogP contribution in [0.25, 0.3) is 0 Å². The number of benzene rings is 1. The van der Waals surface area contributed by atoms with Gasteiger partial charge in [-0.05, 0) is 47.9 Å². The third kappa shape index (κ3) is 2.80. The molecule has 0 aliphatic heterocycles. The third-order valence-electron chi connectivity index (χ3n) is 2.26. The van der Waals surface area contributed by atoms with Gasteiger partial charge in [-0.3, -0.25) is 0 Å². The van der Waals surface area contributed by atoms with Gasteiger partial charge in [0, 0.05) is 11.1 Å². The summed E-state index contributed by atoms with van der Waals surface area (Å²) in [6.07, 6.45) is 1.83. The summed E-state index contributed by atoms with van der Waals surface area (Å²) in [5, 5.41) is 1.05. The highest BCUT2D eigenvalue weighted by Crippen LogP contribution is 2.39. The van der Waals surface area contributed by atoms with E-state index in [4.69, 9.17) is 0 Å². The minimum Gasteiger partial charge on any atom is -0.249 e. The molecule has 0 spiro atoms. The molecule has 0 bridgehead atoms. The van der Waals surface area contributed by atoms with Gasteiger partial charge in [0.2, 0.25) is 0 Å². The zero-order valence-electron chi connectivity index (χ0n) is 9.31. The maximum absolute atomic E-state index is 4.30. The fraction of sp³-hybridized carbons (Fsp3) is 0.154. The van der Waals surface area contributed by atoms with Crippen LogP contribution in [0.1, 0.15) is 11.1 Å². The Morgan fingerprint density at radius 2 is 1.62 bits per heavy atom. The van der Waals surface area contributed by atoms with E-state index in [0.717, 1.165) is 5.03 Å². The van der Waals surface area contributed by atoms with Crippen LogP contribution in [0.4, 0.5) is 0 Å². The molecule has 16 heavy (non-hydrogen) atoms. The topological polar surface area (TPSA) is 12.9 Å². The molecule has 1 nitrogen and oxygen atoms in total. The molecule has 82 valence electrons. The number of nitrogens with zero attached hydrogens (tertiary/aromatic N) is 1. The lowest BCUT2D eigenvalue weighted by molar-refractivity contribution is 1.14. The van der Waals surface area contributed by atoms with E-state index < -0.39 is 0 Å². The van der Waals surface area contributed by atoms with Crippen molar-refractivity contribution in [2.24, 2.45) is 0 Å². The average molecular weight is 247 g/mol. The summed E-state index contributed by atoms with van der Waals surface area (Å²) < 4.78 is 0. The lowest BCUT2D eigenvalue weighted by Gasteiger charge is -2.07. The molecule has 0 aliphatic carbocycles. The monoisotopic (exact) mass is 247 g/mol. The van der Waals surface area contributed by atoms with E-state index in [1.165, 1.54) is 16.0 Å². The number of hydrogen-bond acceptors (Lipinski definition) is 3. The van der Waals surface area contributed by atoms with Crippen LogP contribution < -0.4 is 0 Å². The molecule has 1 heterocycles. The van der Waals surface area contributed by atoms with E-state index in [1.54, 1.807) is 21.6 Å². The van der Waals surface area contributed by atoms with Crippen LogP contribution in [0.5, 0.6) is 0 Å². The average Bonchev–Trinajstić information content (AvgIpc) is 2.30. The summed E-state index contributed by atoms with van der Waals surface area (Å²) in [6.45, 7) is 4.29. The van der Waals surface area contributed by atoms with E-state index in [1.807, 2.05) is 24.4 Å². The highest BCUT2D eigenvalue weighted by molar-refractivity contribution is 8.76. The van der Waals surface area contributed by atoms with Crippen molar-refractivity contribution >= 4 is 21.6 Å². The van der Waals surface area contributed by atoms with Crippen molar-refractivity contribution in [2.45, 2.75) is 23.8 Å². The Hall–Kier alpha value is -0.930. The first-order valence-corrected chi connectivity index (χ1v) is 7.24. The van der Waals surface area contributed by atoms with Gasteiger partial charge < -0.3 is 0 Å². The van der Waals surface area contributed by atoms with Crippen LogP contribution in [0.3, 0.4) is 0 Å². The molecule has 0 N–H and O–H groups in total. The zero-order valence-corrected chi connectivity index (χ0v) is 10.9. The number of hydrogen-bond donors (Lipinski definition) is 0. The van der Waals surface area contributed by atoms with Gasteiger partial charge in [-0.1, -0.05) is 35.1 Å². The summed E-state index contributed by atoms with van der Waals surface area (Å²) in [6, 6.07) is 12.4. The molecule has 0 saturated heterocycles. The number of aromatic nitrogens is 1. The molecule has 2 aromatic rings. The summed E-state index contributed by atoms with van der Waals surface area (Å²) in [5.41, 5.74) is 2.65. The maximum atomic E-state index is 4.30. The smallest absolute Gasteiger partial charge is 0.107 e. The van der Waals surface area contributed by atoms with E-state index >= 15 is 0 Å². The highest BCUT2D eigenvalue weighted by Gasteiger charge is 2.04. The van der Waals surface area contributed by atoms with Crippen LogP contribution in [-0.4, -0.2) is 4.98 Å². The van der Waals surface area contributed by atoms with Gasteiger partial charge >= 0.3 is 0 Å². The van der Waals surface area contributed by atoms with Crippen molar-refractivity contribution < 1.29 is 0 Å². The normalized spacial score (nSPS) is 10.4. The van der Waals surface area contributed by atoms with E-state index in [-0.39, 0.29) is 0 Å². The minimum atomic E-state index is 1.05. The first kappa shape index (κ1) is 11.6. The second-order valence-corrected chi connectivity index (χ2v) is 5.72. The largest absolute Gasteiger partial charge is 0.249 e. The van der Waals surface area contributed by atoms with Gasteiger partial charge in [0.1, 0.15) is 5.03 Å². The Balaban J connectivity index is 2.11. The van der Waals surface area contributed by atoms with Crippen LogP contribution >= 0.6 is 21.6 Å². The number of pyridine rings is 1. The van der Waals surface area contributed by atoms with E-state index in [0.29, 0.717) is 0 Å². The minimum absolute atomic E-state index is 1.05. The number of aryl methyl sites for hydroxylation is 2. The molecular formula is C13H13NS2. The molecule has 0 saturated carbocycles. The van der Waals surface area contributed by atoms with Gasteiger partial charge in [0.15, 0.2) is 0 Å². The quantitative estimate of drug-likeness (QED) is 0.741.